The molecule has 1 spiro atoms. The first kappa shape index (κ1) is 20.4. The van der Waals surface area contributed by atoms with Gasteiger partial charge in [0.25, 0.3) is 0 Å². The van der Waals surface area contributed by atoms with E-state index in [0.29, 0.717) is 17.2 Å². The third-order valence-corrected chi connectivity index (χ3v) is 7.48. The van der Waals surface area contributed by atoms with E-state index in [1.807, 2.05) is 6.07 Å². The molecule has 1 heterocycles. The molecule has 1 aromatic heterocycles. The van der Waals surface area contributed by atoms with Crippen LogP contribution in [0.2, 0.25) is 5.02 Å². The van der Waals surface area contributed by atoms with Gasteiger partial charge >= 0.3 is 0 Å². The molecule has 2 aliphatic carbocycles. The number of aryl methyl sites for hydroxylation is 1. The average Bonchev–Trinajstić information content (AvgIpc) is 3.45. The topological polar surface area (TPSA) is 42.0 Å². The fourth-order valence-electron chi connectivity index (χ4n) is 5.23. The lowest BCUT2D eigenvalue weighted by molar-refractivity contribution is -0.118. The molecule has 2 fully saturated rings. The molecular weight excluding hydrogens is 418 g/mol. The first-order valence-corrected chi connectivity index (χ1v) is 11.0. The number of amides is 1. The van der Waals surface area contributed by atoms with Gasteiger partial charge < -0.3 is 5.32 Å². The van der Waals surface area contributed by atoms with Crippen LogP contribution in [0.25, 0.3) is 10.9 Å². The monoisotopic (exact) mass is 440 g/mol. The Hall–Kier alpha value is -2.53. The summed E-state index contributed by atoms with van der Waals surface area (Å²) in [6.45, 7) is 1.75. The second-order valence-electron chi connectivity index (χ2n) is 9.03. The molecule has 5 rings (SSSR count). The van der Waals surface area contributed by atoms with E-state index in [0.717, 1.165) is 48.6 Å². The van der Waals surface area contributed by atoms with Gasteiger partial charge in [0.05, 0.1) is 10.5 Å². The summed E-state index contributed by atoms with van der Waals surface area (Å²) in [5, 5.41) is 3.76. The van der Waals surface area contributed by atoms with Crippen molar-refractivity contribution in [1.29, 1.82) is 0 Å². The van der Waals surface area contributed by atoms with Crippen LogP contribution in [-0.2, 0) is 4.79 Å². The standard InChI is InChI=1S/C25H23ClF2N2O/c1-14-10-23-18(12-21(14)27)17(6-9-29-23)15-4-7-25(8-5-15)13-19(25)24(31)30-16-2-3-20(26)22(28)11-16/h2-3,6,9-12,15,19H,4-5,7-8,13H2,1H3,(H,30,31). The Kier molecular flexibility index (Phi) is 4.97. The number of nitrogens with one attached hydrogen (secondary N) is 1. The van der Waals surface area contributed by atoms with Gasteiger partial charge in [-0.1, -0.05) is 11.6 Å². The molecule has 3 aromatic rings. The lowest BCUT2D eigenvalue weighted by Gasteiger charge is -2.30. The molecule has 1 amide bonds. The minimum absolute atomic E-state index is 0.0379. The number of carbonyl (C=O) groups is 1. The Morgan fingerprint density at radius 1 is 1.13 bits per heavy atom. The minimum atomic E-state index is -0.540. The Labute approximate surface area is 184 Å². The van der Waals surface area contributed by atoms with Crippen molar-refractivity contribution < 1.29 is 13.6 Å². The second kappa shape index (κ2) is 7.56. The summed E-state index contributed by atoms with van der Waals surface area (Å²) in [5.41, 5.74) is 3.05. The van der Waals surface area contributed by atoms with Crippen LogP contribution in [0.1, 0.15) is 49.1 Å². The summed E-state index contributed by atoms with van der Waals surface area (Å²) in [7, 11) is 0. The van der Waals surface area contributed by atoms with Gasteiger partial charge in [-0.3, -0.25) is 9.78 Å². The number of hydrogen-bond donors (Lipinski definition) is 1. The summed E-state index contributed by atoms with van der Waals surface area (Å²) in [6, 6.07) is 9.73. The zero-order valence-corrected chi connectivity index (χ0v) is 18.0. The number of rotatable bonds is 3. The molecule has 0 aliphatic heterocycles. The highest BCUT2D eigenvalue weighted by atomic mass is 35.5. The van der Waals surface area contributed by atoms with Gasteiger partial charge in [-0.25, -0.2) is 8.78 Å². The summed E-state index contributed by atoms with van der Waals surface area (Å²) in [4.78, 5) is 17.1. The van der Waals surface area contributed by atoms with Crippen LogP contribution < -0.4 is 5.32 Å². The van der Waals surface area contributed by atoms with Crippen LogP contribution in [-0.4, -0.2) is 10.9 Å². The Morgan fingerprint density at radius 2 is 1.90 bits per heavy atom. The fourth-order valence-corrected chi connectivity index (χ4v) is 5.34. The lowest BCUT2D eigenvalue weighted by atomic mass is 9.75. The smallest absolute Gasteiger partial charge is 0.228 e. The molecule has 1 atom stereocenters. The molecule has 6 heteroatoms. The van der Waals surface area contributed by atoms with Crippen LogP contribution >= 0.6 is 11.6 Å². The molecule has 2 saturated carbocycles. The van der Waals surface area contributed by atoms with E-state index < -0.39 is 5.82 Å². The Balaban J connectivity index is 1.27. The maximum absolute atomic E-state index is 14.2. The average molecular weight is 441 g/mol. The number of carbonyl (C=O) groups excluding carboxylic acids is 1. The molecule has 31 heavy (non-hydrogen) atoms. The van der Waals surface area contributed by atoms with Crippen LogP contribution in [0.15, 0.2) is 42.6 Å². The predicted octanol–water partition coefficient (Wildman–Crippen LogP) is 6.78. The van der Waals surface area contributed by atoms with E-state index in [-0.39, 0.29) is 28.1 Å². The lowest BCUT2D eigenvalue weighted by Crippen LogP contribution is -2.22. The summed E-state index contributed by atoms with van der Waals surface area (Å²) < 4.78 is 27.8. The van der Waals surface area contributed by atoms with Gasteiger partial charge in [-0.15, -0.1) is 0 Å². The third kappa shape index (κ3) is 3.69. The van der Waals surface area contributed by atoms with E-state index in [1.165, 1.54) is 12.1 Å². The molecule has 3 nitrogen and oxygen atoms in total. The highest BCUT2D eigenvalue weighted by Crippen LogP contribution is 2.63. The zero-order chi connectivity index (χ0) is 21.8. The normalized spacial score (nSPS) is 25.0. The number of benzene rings is 2. The first-order chi connectivity index (χ1) is 14.9. The van der Waals surface area contributed by atoms with Crippen LogP contribution in [0, 0.1) is 29.9 Å². The number of fused-ring (bicyclic) bond motifs is 1. The van der Waals surface area contributed by atoms with E-state index in [9.17, 15) is 13.6 Å². The van der Waals surface area contributed by atoms with Crippen molar-refractivity contribution in [3.63, 3.8) is 0 Å². The summed E-state index contributed by atoms with van der Waals surface area (Å²) >= 11 is 5.71. The predicted molar refractivity (Wildman–Crippen MR) is 118 cm³/mol. The van der Waals surface area contributed by atoms with E-state index in [1.54, 1.807) is 31.3 Å². The molecule has 0 bridgehead atoms. The molecule has 1 unspecified atom stereocenters. The van der Waals surface area contributed by atoms with E-state index in [2.05, 4.69) is 10.3 Å². The Bertz CT molecular complexity index is 1190. The Morgan fingerprint density at radius 3 is 2.65 bits per heavy atom. The van der Waals surface area contributed by atoms with Crippen molar-refractivity contribution >= 4 is 34.1 Å². The van der Waals surface area contributed by atoms with E-state index >= 15 is 0 Å². The minimum Gasteiger partial charge on any atom is -0.326 e. The highest BCUT2D eigenvalue weighted by Gasteiger charge is 2.58. The number of halogens is 3. The maximum Gasteiger partial charge on any atom is 0.228 e. The largest absolute Gasteiger partial charge is 0.326 e. The van der Waals surface area contributed by atoms with Crippen LogP contribution in [0.3, 0.4) is 0 Å². The molecule has 1 N–H and O–H groups in total. The zero-order valence-electron chi connectivity index (χ0n) is 17.2. The number of nitrogens with zero attached hydrogens (tertiary/aromatic N) is 1. The summed E-state index contributed by atoms with van der Waals surface area (Å²) in [6.07, 6.45) is 6.53. The number of aromatic nitrogens is 1. The van der Waals surface area contributed by atoms with Crippen molar-refractivity contribution in [2.24, 2.45) is 11.3 Å². The van der Waals surface area contributed by atoms with Gasteiger partial charge in [0.15, 0.2) is 0 Å². The van der Waals surface area contributed by atoms with Crippen molar-refractivity contribution in [3.05, 3.63) is 70.4 Å². The second-order valence-corrected chi connectivity index (χ2v) is 9.44. The van der Waals surface area contributed by atoms with Crippen LogP contribution in [0.4, 0.5) is 14.5 Å². The van der Waals surface area contributed by atoms with Crippen molar-refractivity contribution in [3.8, 4) is 0 Å². The molecule has 2 aromatic carbocycles. The van der Waals surface area contributed by atoms with Crippen LogP contribution in [0.5, 0.6) is 0 Å². The van der Waals surface area contributed by atoms with Crippen molar-refractivity contribution in [1.82, 2.24) is 4.98 Å². The maximum atomic E-state index is 14.2. The number of pyridine rings is 1. The fraction of sp³-hybridized carbons (Fsp3) is 0.360. The van der Waals surface area contributed by atoms with Gasteiger partial charge in [-0.2, -0.15) is 0 Å². The highest BCUT2D eigenvalue weighted by molar-refractivity contribution is 6.30. The van der Waals surface area contributed by atoms with Gasteiger partial charge in [0.1, 0.15) is 11.6 Å². The first-order valence-electron chi connectivity index (χ1n) is 10.7. The SMILES string of the molecule is Cc1cc2nccc(C3CCC4(CC3)CC4C(=O)Nc3ccc(Cl)c(F)c3)c2cc1F. The van der Waals surface area contributed by atoms with E-state index in [4.69, 9.17) is 11.6 Å². The molecule has 160 valence electrons. The van der Waals surface area contributed by atoms with Crippen molar-refractivity contribution in [2.75, 3.05) is 5.32 Å². The quantitative estimate of drug-likeness (QED) is 0.487. The molecule has 0 saturated heterocycles. The van der Waals surface area contributed by atoms with Crippen molar-refractivity contribution in [2.45, 2.75) is 44.9 Å². The van der Waals surface area contributed by atoms with Gasteiger partial charge in [-0.05, 0) is 97.9 Å². The third-order valence-electron chi connectivity index (χ3n) is 7.17. The molecular formula is C25H23ClF2N2O. The number of hydrogen-bond acceptors (Lipinski definition) is 2. The van der Waals surface area contributed by atoms with Gasteiger partial charge in [0.2, 0.25) is 5.91 Å². The molecule has 0 radical (unpaired) electrons. The summed E-state index contributed by atoms with van der Waals surface area (Å²) in [5.74, 6) is -0.491. The number of anilines is 1. The van der Waals surface area contributed by atoms with Gasteiger partial charge in [0, 0.05) is 23.2 Å². The molecule has 2 aliphatic rings.